The van der Waals surface area contributed by atoms with Gasteiger partial charge in [0.1, 0.15) is 11.3 Å². The van der Waals surface area contributed by atoms with Gasteiger partial charge in [0.25, 0.3) is 0 Å². The molecule has 0 unspecified atom stereocenters. The molecule has 4 nitrogen and oxygen atoms in total. The van der Waals surface area contributed by atoms with E-state index in [0.29, 0.717) is 6.54 Å². The molecule has 5 heteroatoms. The van der Waals surface area contributed by atoms with Gasteiger partial charge in [0, 0.05) is 10.9 Å². The second kappa shape index (κ2) is 6.71. The lowest BCUT2D eigenvalue weighted by atomic mass is 9.82. The highest BCUT2D eigenvalue weighted by atomic mass is 35.5. The molecule has 3 rings (SSSR count). The van der Waals surface area contributed by atoms with Crippen LogP contribution in [0.2, 0.25) is 0 Å². The Balaban J connectivity index is 0.00000176. The number of halogens is 1. The van der Waals surface area contributed by atoms with Gasteiger partial charge in [-0.1, -0.05) is 37.5 Å². The number of nitrogens with one attached hydrogen (secondary N) is 1. The Morgan fingerprint density at radius 1 is 1.27 bits per heavy atom. The Morgan fingerprint density at radius 3 is 2.64 bits per heavy atom. The van der Waals surface area contributed by atoms with Crippen molar-refractivity contribution >= 4 is 29.3 Å². The molecule has 1 aliphatic carbocycles. The van der Waals surface area contributed by atoms with Gasteiger partial charge in [-0.15, -0.1) is 12.4 Å². The number of amides is 1. The van der Waals surface area contributed by atoms with E-state index in [0.717, 1.165) is 48.0 Å². The van der Waals surface area contributed by atoms with Gasteiger partial charge in [0.2, 0.25) is 5.91 Å². The molecule has 0 bridgehead atoms. The molecule has 120 valence electrons. The zero-order chi connectivity index (χ0) is 14.9. The molecule has 1 aliphatic rings. The number of rotatable bonds is 3. The average Bonchev–Trinajstić information content (AvgIpc) is 2.82. The van der Waals surface area contributed by atoms with Gasteiger partial charge in [-0.05, 0) is 25.8 Å². The molecule has 1 saturated carbocycles. The largest absolute Gasteiger partial charge is 0.459 e. The van der Waals surface area contributed by atoms with E-state index in [1.807, 2.05) is 31.2 Å². The first-order valence-corrected chi connectivity index (χ1v) is 7.64. The molecule has 1 heterocycles. The molecule has 0 spiro atoms. The summed E-state index contributed by atoms with van der Waals surface area (Å²) in [5.41, 5.74) is 7.49. The molecular formula is C17H23ClN2O2. The summed E-state index contributed by atoms with van der Waals surface area (Å²) in [6, 6.07) is 7.92. The van der Waals surface area contributed by atoms with Gasteiger partial charge in [-0.25, -0.2) is 0 Å². The third-order valence-corrected chi connectivity index (χ3v) is 4.55. The van der Waals surface area contributed by atoms with E-state index < -0.39 is 5.54 Å². The Kier molecular flexibility index (Phi) is 5.14. The van der Waals surface area contributed by atoms with E-state index in [1.165, 1.54) is 6.42 Å². The number of furan rings is 1. The predicted octanol–water partition coefficient (Wildman–Crippen LogP) is 3.44. The van der Waals surface area contributed by atoms with Gasteiger partial charge >= 0.3 is 0 Å². The minimum absolute atomic E-state index is 0. The number of benzene rings is 1. The number of carbonyl (C=O) groups excluding carboxylic acids is 1. The van der Waals surface area contributed by atoms with Crippen LogP contribution in [-0.2, 0) is 11.3 Å². The molecule has 0 radical (unpaired) electrons. The standard InChI is InChI=1S/C17H22N2O2.ClH/c1-12-13-7-3-4-8-14(13)21-15(12)11-19-16(20)17(18)9-5-2-6-10-17;/h3-4,7-8H,2,5-6,9-11,18H2,1H3,(H,19,20);1H. The fourth-order valence-electron chi connectivity index (χ4n) is 3.14. The van der Waals surface area contributed by atoms with Gasteiger partial charge in [-0.3, -0.25) is 4.79 Å². The quantitative estimate of drug-likeness (QED) is 0.909. The maximum Gasteiger partial charge on any atom is 0.240 e. The molecule has 1 aromatic heterocycles. The number of aryl methyl sites for hydroxylation is 1. The Morgan fingerprint density at radius 2 is 1.95 bits per heavy atom. The smallest absolute Gasteiger partial charge is 0.240 e. The molecule has 0 saturated heterocycles. The fraction of sp³-hybridized carbons (Fsp3) is 0.471. The number of para-hydroxylation sites is 1. The molecule has 0 aliphatic heterocycles. The van der Waals surface area contributed by atoms with Crippen LogP contribution in [-0.4, -0.2) is 11.4 Å². The Labute approximate surface area is 136 Å². The zero-order valence-corrected chi connectivity index (χ0v) is 13.7. The second-order valence-electron chi connectivity index (χ2n) is 6.05. The maximum atomic E-state index is 12.3. The summed E-state index contributed by atoms with van der Waals surface area (Å²) in [6.07, 6.45) is 4.80. The lowest BCUT2D eigenvalue weighted by molar-refractivity contribution is -0.127. The van der Waals surface area contributed by atoms with Crippen LogP contribution in [0, 0.1) is 6.92 Å². The van der Waals surface area contributed by atoms with Crippen LogP contribution < -0.4 is 11.1 Å². The van der Waals surface area contributed by atoms with Crippen molar-refractivity contribution in [2.24, 2.45) is 5.73 Å². The number of nitrogens with two attached hydrogens (primary N) is 1. The summed E-state index contributed by atoms with van der Waals surface area (Å²) in [5.74, 6) is 0.756. The van der Waals surface area contributed by atoms with Crippen LogP contribution in [0.5, 0.6) is 0 Å². The van der Waals surface area contributed by atoms with Crippen molar-refractivity contribution in [1.29, 1.82) is 0 Å². The molecule has 3 N–H and O–H groups in total. The van der Waals surface area contributed by atoms with E-state index >= 15 is 0 Å². The summed E-state index contributed by atoms with van der Waals surface area (Å²) in [5, 5.41) is 4.05. The summed E-state index contributed by atoms with van der Waals surface area (Å²) in [4.78, 5) is 12.3. The van der Waals surface area contributed by atoms with Crippen molar-refractivity contribution in [3.8, 4) is 0 Å². The van der Waals surface area contributed by atoms with Crippen molar-refractivity contribution in [2.45, 2.75) is 51.1 Å². The third kappa shape index (κ3) is 3.13. The normalized spacial score (nSPS) is 17.0. The molecule has 1 fully saturated rings. The highest BCUT2D eigenvalue weighted by Crippen LogP contribution is 2.27. The summed E-state index contributed by atoms with van der Waals surface area (Å²) in [6.45, 7) is 2.42. The topological polar surface area (TPSA) is 68.3 Å². The van der Waals surface area contributed by atoms with Crippen LogP contribution in [0.1, 0.15) is 43.4 Å². The van der Waals surface area contributed by atoms with Crippen molar-refractivity contribution in [1.82, 2.24) is 5.32 Å². The fourth-order valence-corrected chi connectivity index (χ4v) is 3.14. The van der Waals surface area contributed by atoms with Gasteiger partial charge in [-0.2, -0.15) is 0 Å². The highest BCUT2D eigenvalue weighted by molar-refractivity contribution is 5.86. The highest BCUT2D eigenvalue weighted by Gasteiger charge is 2.35. The molecule has 1 amide bonds. The monoisotopic (exact) mass is 322 g/mol. The van der Waals surface area contributed by atoms with E-state index in [2.05, 4.69) is 5.32 Å². The first kappa shape index (κ1) is 16.8. The van der Waals surface area contributed by atoms with Gasteiger partial charge in [0.05, 0.1) is 12.1 Å². The van der Waals surface area contributed by atoms with Gasteiger partial charge < -0.3 is 15.5 Å². The molecule has 22 heavy (non-hydrogen) atoms. The van der Waals surface area contributed by atoms with Gasteiger partial charge in [0.15, 0.2) is 0 Å². The van der Waals surface area contributed by atoms with E-state index in [1.54, 1.807) is 0 Å². The summed E-state index contributed by atoms with van der Waals surface area (Å²) >= 11 is 0. The molecule has 2 aromatic rings. The maximum absolute atomic E-state index is 12.3. The summed E-state index contributed by atoms with van der Waals surface area (Å²) < 4.78 is 5.81. The first-order valence-electron chi connectivity index (χ1n) is 7.64. The number of fused-ring (bicyclic) bond motifs is 1. The average molecular weight is 323 g/mol. The number of carbonyl (C=O) groups is 1. The van der Waals surface area contributed by atoms with E-state index in [4.69, 9.17) is 10.2 Å². The van der Waals surface area contributed by atoms with Crippen LogP contribution in [0.3, 0.4) is 0 Å². The second-order valence-corrected chi connectivity index (χ2v) is 6.05. The predicted molar refractivity (Wildman–Crippen MR) is 90.0 cm³/mol. The lowest BCUT2D eigenvalue weighted by Crippen LogP contribution is -2.54. The van der Waals surface area contributed by atoms with Crippen LogP contribution in [0.15, 0.2) is 28.7 Å². The third-order valence-electron chi connectivity index (χ3n) is 4.55. The van der Waals surface area contributed by atoms with E-state index in [-0.39, 0.29) is 18.3 Å². The van der Waals surface area contributed by atoms with Crippen molar-refractivity contribution in [3.05, 3.63) is 35.6 Å². The van der Waals surface area contributed by atoms with Crippen molar-refractivity contribution in [3.63, 3.8) is 0 Å². The van der Waals surface area contributed by atoms with Crippen LogP contribution in [0.25, 0.3) is 11.0 Å². The minimum atomic E-state index is -0.696. The van der Waals surface area contributed by atoms with Crippen molar-refractivity contribution in [2.75, 3.05) is 0 Å². The van der Waals surface area contributed by atoms with Crippen LogP contribution >= 0.6 is 12.4 Å². The number of hydrogen-bond acceptors (Lipinski definition) is 3. The van der Waals surface area contributed by atoms with Crippen molar-refractivity contribution < 1.29 is 9.21 Å². The Bertz CT molecular complexity index is 660. The summed E-state index contributed by atoms with van der Waals surface area (Å²) in [7, 11) is 0. The minimum Gasteiger partial charge on any atom is -0.459 e. The first-order chi connectivity index (χ1) is 10.1. The Hall–Kier alpha value is -1.52. The van der Waals surface area contributed by atoms with Crippen LogP contribution in [0.4, 0.5) is 0 Å². The molecule has 0 atom stereocenters. The lowest BCUT2D eigenvalue weighted by Gasteiger charge is -2.31. The molecular weight excluding hydrogens is 300 g/mol. The zero-order valence-electron chi connectivity index (χ0n) is 12.9. The SMILES string of the molecule is Cc1c(CNC(=O)C2(N)CCCCC2)oc2ccccc12.Cl. The number of hydrogen-bond donors (Lipinski definition) is 2. The van der Waals surface area contributed by atoms with E-state index in [9.17, 15) is 4.79 Å². The molecule has 1 aromatic carbocycles.